The monoisotopic (exact) mass is 535 g/mol. The second kappa shape index (κ2) is 12.8. The van der Waals surface area contributed by atoms with E-state index in [-0.39, 0.29) is 18.2 Å². The number of aromatic nitrogens is 1. The number of hydrazine groups is 1. The SMILES string of the molecule is COc1cc(C(=O)NN(Cc2ccc(-c3cc(Cl)ccc3F)cc2)C[C@@H](O)C(=O)OCOC(C)=O)on1. The molecule has 0 saturated carbocycles. The lowest BCUT2D eigenvalue weighted by Crippen LogP contribution is -2.47. The Hall–Kier alpha value is -4.00. The quantitative estimate of drug-likeness (QED) is 0.214. The Morgan fingerprint density at radius 2 is 1.89 bits per heavy atom. The largest absolute Gasteiger partial charge is 0.479 e. The molecule has 0 aliphatic rings. The molecule has 1 heterocycles. The van der Waals surface area contributed by atoms with Gasteiger partial charge < -0.3 is 23.8 Å². The minimum absolute atomic E-state index is 0.0175. The van der Waals surface area contributed by atoms with Crippen LogP contribution in [0.1, 0.15) is 23.0 Å². The van der Waals surface area contributed by atoms with Gasteiger partial charge in [-0.15, -0.1) is 0 Å². The molecule has 3 rings (SSSR count). The molecule has 2 N–H and O–H groups in total. The summed E-state index contributed by atoms with van der Waals surface area (Å²) >= 11 is 5.98. The number of halogens is 2. The van der Waals surface area contributed by atoms with Gasteiger partial charge in [-0.3, -0.25) is 15.0 Å². The van der Waals surface area contributed by atoms with Gasteiger partial charge in [0.1, 0.15) is 5.82 Å². The van der Waals surface area contributed by atoms with E-state index in [2.05, 4.69) is 15.3 Å². The van der Waals surface area contributed by atoms with Crippen molar-refractivity contribution >= 4 is 29.4 Å². The molecular weight excluding hydrogens is 513 g/mol. The summed E-state index contributed by atoms with van der Waals surface area (Å²) in [5.74, 6) is -3.01. The van der Waals surface area contributed by atoms with Crippen molar-refractivity contribution in [2.45, 2.75) is 19.6 Å². The number of nitrogens with one attached hydrogen (secondary N) is 1. The van der Waals surface area contributed by atoms with Crippen LogP contribution in [0, 0.1) is 5.82 Å². The van der Waals surface area contributed by atoms with Crippen molar-refractivity contribution in [3.8, 4) is 17.0 Å². The van der Waals surface area contributed by atoms with Crippen LogP contribution in [0.2, 0.25) is 5.02 Å². The normalized spacial score (nSPS) is 11.6. The van der Waals surface area contributed by atoms with Crippen LogP contribution in [0.25, 0.3) is 11.1 Å². The van der Waals surface area contributed by atoms with Crippen molar-refractivity contribution in [2.24, 2.45) is 0 Å². The lowest BCUT2D eigenvalue weighted by molar-refractivity contribution is -0.173. The number of aliphatic hydroxyl groups is 1. The zero-order chi connectivity index (χ0) is 26.9. The Morgan fingerprint density at radius 1 is 1.16 bits per heavy atom. The van der Waals surface area contributed by atoms with Crippen molar-refractivity contribution in [2.75, 3.05) is 20.4 Å². The topological polar surface area (TPSA) is 140 Å². The third kappa shape index (κ3) is 8.00. The maximum atomic E-state index is 14.2. The van der Waals surface area contributed by atoms with Crippen molar-refractivity contribution in [1.82, 2.24) is 15.6 Å². The van der Waals surface area contributed by atoms with Crippen molar-refractivity contribution < 1.29 is 42.6 Å². The van der Waals surface area contributed by atoms with E-state index in [1.54, 1.807) is 24.3 Å². The second-order valence-electron chi connectivity index (χ2n) is 7.61. The lowest BCUT2D eigenvalue weighted by atomic mass is 10.0. The number of esters is 2. The lowest BCUT2D eigenvalue weighted by Gasteiger charge is -2.24. The van der Waals surface area contributed by atoms with Crippen LogP contribution in [-0.4, -0.2) is 59.7 Å². The molecule has 0 unspecified atom stereocenters. The van der Waals surface area contributed by atoms with Crippen molar-refractivity contribution in [1.29, 1.82) is 0 Å². The van der Waals surface area contributed by atoms with E-state index in [0.29, 0.717) is 21.7 Å². The molecule has 0 radical (unpaired) electrons. The fourth-order valence-electron chi connectivity index (χ4n) is 3.09. The first-order valence-electron chi connectivity index (χ1n) is 10.8. The Kier molecular flexibility index (Phi) is 9.55. The molecule has 37 heavy (non-hydrogen) atoms. The number of carbonyl (C=O) groups excluding carboxylic acids is 3. The maximum absolute atomic E-state index is 14.2. The third-order valence-corrected chi connectivity index (χ3v) is 5.11. The minimum Gasteiger partial charge on any atom is -0.479 e. The molecule has 0 aliphatic carbocycles. The van der Waals surface area contributed by atoms with Gasteiger partial charge in [0.25, 0.3) is 5.88 Å². The maximum Gasteiger partial charge on any atom is 0.339 e. The Morgan fingerprint density at radius 3 is 2.54 bits per heavy atom. The van der Waals surface area contributed by atoms with Gasteiger partial charge in [0.05, 0.1) is 19.7 Å². The van der Waals surface area contributed by atoms with Gasteiger partial charge in [-0.05, 0) is 34.5 Å². The van der Waals surface area contributed by atoms with Crippen LogP contribution in [0.4, 0.5) is 4.39 Å². The highest BCUT2D eigenvalue weighted by Gasteiger charge is 2.24. The predicted octanol–water partition coefficient (Wildman–Crippen LogP) is 2.71. The van der Waals surface area contributed by atoms with Crippen LogP contribution < -0.4 is 10.2 Å². The average Bonchev–Trinajstić information content (AvgIpc) is 3.35. The van der Waals surface area contributed by atoms with E-state index in [1.807, 2.05) is 0 Å². The number of nitrogens with zero attached hydrogens (tertiary/aromatic N) is 2. The first kappa shape index (κ1) is 27.6. The molecule has 0 fully saturated rings. The Bertz CT molecular complexity index is 1250. The fraction of sp³-hybridized carbons (Fsp3) is 0.250. The first-order valence-corrected chi connectivity index (χ1v) is 11.1. The number of hydrogen-bond acceptors (Lipinski definition) is 10. The molecule has 1 aromatic heterocycles. The van der Waals surface area contributed by atoms with Crippen molar-refractivity contribution in [3.05, 3.63) is 70.7 Å². The number of ether oxygens (including phenoxy) is 3. The van der Waals surface area contributed by atoms with Gasteiger partial charge in [-0.2, -0.15) is 0 Å². The van der Waals surface area contributed by atoms with Gasteiger partial charge in [0.2, 0.25) is 12.6 Å². The number of amides is 1. The highest BCUT2D eigenvalue weighted by molar-refractivity contribution is 6.30. The van der Waals surface area contributed by atoms with E-state index in [1.165, 1.54) is 36.4 Å². The minimum atomic E-state index is -1.71. The van der Waals surface area contributed by atoms with Crippen LogP contribution in [0.5, 0.6) is 5.88 Å². The Balaban J connectivity index is 1.74. The Labute approximate surface area is 215 Å². The van der Waals surface area contributed by atoms with Crippen LogP contribution in [0.15, 0.2) is 53.1 Å². The zero-order valence-electron chi connectivity index (χ0n) is 19.8. The smallest absolute Gasteiger partial charge is 0.339 e. The summed E-state index contributed by atoms with van der Waals surface area (Å²) in [7, 11) is 1.35. The summed E-state index contributed by atoms with van der Waals surface area (Å²) in [5, 5.41) is 15.5. The molecule has 196 valence electrons. The summed E-state index contributed by atoms with van der Waals surface area (Å²) in [4.78, 5) is 35.5. The summed E-state index contributed by atoms with van der Waals surface area (Å²) < 4.78 is 33.2. The first-order chi connectivity index (χ1) is 17.7. The molecule has 0 spiro atoms. The number of hydrogen-bond donors (Lipinski definition) is 2. The molecule has 3 aromatic rings. The van der Waals surface area contributed by atoms with Crippen LogP contribution in [-0.2, 0) is 25.6 Å². The molecule has 11 nitrogen and oxygen atoms in total. The summed E-state index contributed by atoms with van der Waals surface area (Å²) in [5.41, 5.74) is 4.04. The predicted molar refractivity (Wildman–Crippen MR) is 127 cm³/mol. The molecule has 0 aliphatic heterocycles. The zero-order valence-corrected chi connectivity index (χ0v) is 20.5. The third-order valence-electron chi connectivity index (χ3n) is 4.88. The van der Waals surface area contributed by atoms with E-state index in [0.717, 1.165) is 6.92 Å². The van der Waals surface area contributed by atoms with Crippen LogP contribution in [0.3, 0.4) is 0 Å². The molecular formula is C24H23ClFN3O8. The number of benzene rings is 2. The van der Waals surface area contributed by atoms with E-state index >= 15 is 0 Å². The number of rotatable bonds is 11. The molecule has 0 bridgehead atoms. The molecule has 1 atom stereocenters. The van der Waals surface area contributed by atoms with E-state index in [4.69, 9.17) is 25.6 Å². The molecule has 0 saturated heterocycles. The number of carbonyl (C=O) groups is 3. The number of methoxy groups -OCH3 is 1. The van der Waals surface area contributed by atoms with Crippen molar-refractivity contribution in [3.63, 3.8) is 0 Å². The van der Waals surface area contributed by atoms with E-state index in [9.17, 15) is 23.9 Å². The molecule has 13 heteroatoms. The van der Waals surface area contributed by atoms with E-state index < -0.39 is 43.1 Å². The van der Waals surface area contributed by atoms with Gasteiger partial charge in [0.15, 0.2) is 6.10 Å². The molecule has 1 amide bonds. The highest BCUT2D eigenvalue weighted by Crippen LogP contribution is 2.26. The second-order valence-corrected chi connectivity index (χ2v) is 8.05. The van der Waals surface area contributed by atoms with Gasteiger partial charge in [-0.25, -0.2) is 14.2 Å². The standard InChI is InChI=1S/C24H23ClFN3O8/c1-14(30)35-13-36-24(33)20(31)12-29(27-23(32)21-10-22(34-2)28-37-21)11-15-3-5-16(6-4-15)18-9-17(25)7-8-19(18)26/h3-10,20,31H,11-13H2,1-2H3,(H,27,32)/t20-/m1/s1. The summed E-state index contributed by atoms with van der Waals surface area (Å²) in [6.07, 6.45) is -1.71. The molecule has 2 aromatic carbocycles. The summed E-state index contributed by atoms with van der Waals surface area (Å²) in [6.45, 7) is 0.0766. The van der Waals surface area contributed by atoms with Gasteiger partial charge >= 0.3 is 17.8 Å². The van der Waals surface area contributed by atoms with Crippen LogP contribution >= 0.6 is 11.6 Å². The number of aliphatic hydroxyl groups excluding tert-OH is 1. The highest BCUT2D eigenvalue weighted by atomic mass is 35.5. The average molecular weight is 536 g/mol. The fourth-order valence-corrected chi connectivity index (χ4v) is 3.26. The van der Waals surface area contributed by atoms with Gasteiger partial charge in [0, 0.05) is 24.1 Å². The summed E-state index contributed by atoms with van der Waals surface area (Å²) in [6, 6.07) is 12.2. The van der Waals surface area contributed by atoms with Gasteiger partial charge in [-0.1, -0.05) is 35.9 Å².